The normalized spacial score (nSPS) is 29.8. The first-order valence-electron chi connectivity index (χ1n) is 13.8. The largest absolute Gasteiger partial charge is 0.394 e. The fraction of sp³-hybridized carbons (Fsp3) is 0.500. The third kappa shape index (κ3) is 5.12. The van der Waals surface area contributed by atoms with Gasteiger partial charge in [-0.1, -0.05) is 89.9 Å². The monoisotopic (exact) mass is 597 g/mol. The fourth-order valence-electron chi connectivity index (χ4n) is 6.58. The van der Waals surface area contributed by atoms with Gasteiger partial charge in [0, 0.05) is 17.9 Å². The summed E-state index contributed by atoms with van der Waals surface area (Å²) < 4.78 is 6.55. The van der Waals surface area contributed by atoms with Gasteiger partial charge in [0.15, 0.2) is 0 Å². The summed E-state index contributed by atoms with van der Waals surface area (Å²) >= 11 is 3.70. The smallest absolute Gasteiger partial charge is 0.245 e. The number of fused-ring (bicyclic) bond motifs is 1. The molecule has 0 saturated carbocycles. The van der Waals surface area contributed by atoms with E-state index >= 15 is 0 Å². The molecule has 3 amide bonds. The van der Waals surface area contributed by atoms with Crippen LogP contribution < -0.4 is 10.6 Å². The number of nitrogens with zero attached hydrogens (tertiary/aromatic N) is 1. The second kappa shape index (κ2) is 11.8. The third-order valence-electron chi connectivity index (χ3n) is 8.34. The number of unbranched alkanes of at least 4 members (excludes halogenated alkanes) is 1. The number of halogens is 1. The van der Waals surface area contributed by atoms with Crippen LogP contribution in [0.15, 0.2) is 60.7 Å². The average Bonchev–Trinajstić information content (AvgIpc) is 3.55. The Morgan fingerprint density at radius 3 is 2.38 bits per heavy atom. The summed E-state index contributed by atoms with van der Waals surface area (Å²) in [5, 5.41) is 16.5. The number of hydrogen-bond acceptors (Lipinski definition) is 5. The van der Waals surface area contributed by atoms with E-state index in [9.17, 15) is 19.5 Å². The second-order valence-corrected chi connectivity index (χ2v) is 12.0. The summed E-state index contributed by atoms with van der Waals surface area (Å²) in [4.78, 5) is 43.0. The Labute approximate surface area is 237 Å². The van der Waals surface area contributed by atoms with Gasteiger partial charge in [-0.3, -0.25) is 14.4 Å². The van der Waals surface area contributed by atoms with Crippen LogP contribution >= 0.6 is 15.9 Å². The van der Waals surface area contributed by atoms with Crippen molar-refractivity contribution in [3.63, 3.8) is 0 Å². The number of aliphatic hydroxyl groups excluding tert-OH is 1. The first-order chi connectivity index (χ1) is 18.9. The zero-order valence-corrected chi connectivity index (χ0v) is 23.7. The summed E-state index contributed by atoms with van der Waals surface area (Å²) in [5.74, 6) is -2.41. The number of carbonyl (C=O) groups excluding carboxylic acids is 3. The quantitative estimate of drug-likeness (QED) is 0.272. The number of ether oxygens (including phenoxy) is 1. The van der Waals surface area contributed by atoms with Crippen LogP contribution in [0, 0.1) is 11.8 Å². The minimum atomic E-state index is -1.15. The lowest BCUT2D eigenvalue weighted by Gasteiger charge is -2.37. The molecule has 0 radical (unpaired) electrons. The highest BCUT2D eigenvalue weighted by Crippen LogP contribution is 2.60. The number of rotatable bonds is 11. The first kappa shape index (κ1) is 27.8. The van der Waals surface area contributed by atoms with Crippen LogP contribution in [0.25, 0.3) is 0 Å². The molecule has 3 saturated heterocycles. The SMILES string of the molecule is CCCCNC(=O)C1N([C@@H](CO)Cc2ccccc2)C(=O)[C@@H]2[C@H](C(=O)NCc3ccccc3)[C@H]3OC12CC3Br. The number of benzene rings is 2. The van der Waals surface area contributed by atoms with E-state index in [1.807, 2.05) is 67.6 Å². The van der Waals surface area contributed by atoms with E-state index in [1.165, 1.54) is 4.90 Å². The van der Waals surface area contributed by atoms with Crippen LogP contribution in [-0.2, 0) is 32.1 Å². The molecule has 8 nitrogen and oxygen atoms in total. The number of carbonyl (C=O) groups is 3. The van der Waals surface area contributed by atoms with Crippen molar-refractivity contribution in [3.05, 3.63) is 71.8 Å². The predicted molar refractivity (Wildman–Crippen MR) is 150 cm³/mol. The van der Waals surface area contributed by atoms with Crippen molar-refractivity contribution in [3.8, 4) is 0 Å². The van der Waals surface area contributed by atoms with Crippen molar-refractivity contribution in [2.75, 3.05) is 13.2 Å². The van der Waals surface area contributed by atoms with Crippen molar-refractivity contribution in [2.24, 2.45) is 11.8 Å². The second-order valence-electron chi connectivity index (χ2n) is 10.8. The topological polar surface area (TPSA) is 108 Å². The predicted octanol–water partition coefficient (Wildman–Crippen LogP) is 2.57. The number of amides is 3. The Kier molecular flexibility index (Phi) is 8.40. The standard InChI is InChI=1S/C30H36BrN3O5/c1-2-3-14-32-28(37)26-30-16-22(31)25(39-30)23(27(36)33-17-20-12-8-5-9-13-20)24(30)29(38)34(26)21(18-35)15-19-10-6-4-7-11-19/h4-13,21-26,35H,2-3,14-18H2,1H3,(H,32,37)(H,33,36)/t21-,22?,23+,24+,25+,26?,30?/m1/s1. The lowest BCUT2D eigenvalue weighted by atomic mass is 9.70. The molecule has 3 unspecified atom stereocenters. The van der Waals surface area contributed by atoms with E-state index in [1.54, 1.807) is 0 Å². The van der Waals surface area contributed by atoms with E-state index in [4.69, 9.17) is 4.74 Å². The molecule has 39 heavy (non-hydrogen) atoms. The van der Waals surface area contributed by atoms with Crippen molar-refractivity contribution in [1.82, 2.24) is 15.5 Å². The van der Waals surface area contributed by atoms with Gasteiger partial charge in [0.1, 0.15) is 11.6 Å². The number of likely N-dealkylation sites (tertiary alicyclic amines) is 1. The minimum Gasteiger partial charge on any atom is -0.394 e. The molecule has 2 bridgehead atoms. The Morgan fingerprint density at radius 2 is 1.74 bits per heavy atom. The highest BCUT2D eigenvalue weighted by atomic mass is 79.9. The summed E-state index contributed by atoms with van der Waals surface area (Å²) in [5.41, 5.74) is 0.756. The maximum Gasteiger partial charge on any atom is 0.245 e. The summed E-state index contributed by atoms with van der Waals surface area (Å²) in [7, 11) is 0. The van der Waals surface area contributed by atoms with E-state index in [2.05, 4.69) is 26.6 Å². The molecular weight excluding hydrogens is 562 g/mol. The van der Waals surface area contributed by atoms with Gasteiger partial charge in [0.25, 0.3) is 0 Å². The molecule has 3 fully saturated rings. The van der Waals surface area contributed by atoms with Gasteiger partial charge < -0.3 is 25.4 Å². The van der Waals surface area contributed by atoms with Gasteiger partial charge in [-0.15, -0.1) is 0 Å². The molecule has 3 aliphatic rings. The Hall–Kier alpha value is -2.75. The van der Waals surface area contributed by atoms with Crippen LogP contribution in [-0.4, -0.2) is 69.5 Å². The fourth-order valence-corrected chi connectivity index (χ4v) is 7.53. The summed E-state index contributed by atoms with van der Waals surface area (Å²) in [6.07, 6.45) is 2.02. The molecule has 2 aromatic carbocycles. The van der Waals surface area contributed by atoms with Crippen molar-refractivity contribution in [1.29, 1.82) is 0 Å². The highest BCUT2D eigenvalue weighted by molar-refractivity contribution is 9.09. The zero-order chi connectivity index (χ0) is 27.6. The summed E-state index contributed by atoms with van der Waals surface area (Å²) in [6.45, 7) is 2.55. The van der Waals surface area contributed by atoms with Gasteiger partial charge in [0.2, 0.25) is 17.7 Å². The number of hydrogen-bond donors (Lipinski definition) is 3. The molecule has 1 spiro atoms. The molecule has 0 aromatic heterocycles. The molecule has 0 aliphatic carbocycles. The van der Waals surface area contributed by atoms with Crippen LogP contribution in [0.4, 0.5) is 0 Å². The lowest BCUT2D eigenvalue weighted by Crippen LogP contribution is -2.58. The van der Waals surface area contributed by atoms with Crippen LogP contribution in [0.2, 0.25) is 0 Å². The van der Waals surface area contributed by atoms with Crippen molar-refractivity contribution >= 4 is 33.7 Å². The molecule has 9 heteroatoms. The van der Waals surface area contributed by atoms with Gasteiger partial charge >= 0.3 is 0 Å². The highest BCUT2D eigenvalue weighted by Gasteiger charge is 2.77. The molecule has 2 aromatic rings. The van der Waals surface area contributed by atoms with Gasteiger partial charge in [0.05, 0.1) is 30.6 Å². The molecule has 3 aliphatic heterocycles. The van der Waals surface area contributed by atoms with Crippen LogP contribution in [0.1, 0.15) is 37.3 Å². The van der Waals surface area contributed by atoms with Crippen LogP contribution in [0.3, 0.4) is 0 Å². The average molecular weight is 599 g/mol. The van der Waals surface area contributed by atoms with E-state index in [0.29, 0.717) is 25.9 Å². The van der Waals surface area contributed by atoms with Gasteiger partial charge in [-0.05, 0) is 30.4 Å². The third-order valence-corrected chi connectivity index (χ3v) is 9.18. The van der Waals surface area contributed by atoms with Crippen molar-refractivity contribution < 1.29 is 24.2 Å². The molecule has 7 atom stereocenters. The molecule has 5 rings (SSSR count). The number of nitrogens with one attached hydrogen (secondary N) is 2. The van der Waals surface area contributed by atoms with Crippen LogP contribution in [0.5, 0.6) is 0 Å². The number of aliphatic hydroxyl groups is 1. The molecule has 3 heterocycles. The number of alkyl halides is 1. The maximum absolute atomic E-state index is 14.3. The summed E-state index contributed by atoms with van der Waals surface area (Å²) in [6, 6.07) is 17.6. The Bertz CT molecular complexity index is 1180. The van der Waals surface area contributed by atoms with Gasteiger partial charge in [-0.25, -0.2) is 0 Å². The van der Waals surface area contributed by atoms with Crippen molar-refractivity contribution in [2.45, 2.75) is 67.8 Å². The molecule has 3 N–H and O–H groups in total. The van der Waals surface area contributed by atoms with Gasteiger partial charge in [-0.2, -0.15) is 0 Å². The van der Waals surface area contributed by atoms with E-state index in [-0.39, 0.29) is 29.2 Å². The molecular formula is C30H36BrN3O5. The Balaban J connectivity index is 1.47. The van der Waals surface area contributed by atoms with E-state index in [0.717, 1.165) is 24.0 Å². The molecule has 208 valence electrons. The minimum absolute atomic E-state index is 0.179. The first-order valence-corrected chi connectivity index (χ1v) is 14.7. The zero-order valence-electron chi connectivity index (χ0n) is 22.1. The maximum atomic E-state index is 14.3. The van der Waals surface area contributed by atoms with E-state index < -0.39 is 35.6 Å². The Morgan fingerprint density at radius 1 is 1.08 bits per heavy atom. The lowest BCUT2D eigenvalue weighted by molar-refractivity contribution is -0.145.